The second-order valence-corrected chi connectivity index (χ2v) is 5.83. The zero-order chi connectivity index (χ0) is 14.0. The lowest BCUT2D eigenvalue weighted by Gasteiger charge is -2.39. The normalized spacial score (nSPS) is 28.1. The molecule has 1 fully saturated rings. The van der Waals surface area contributed by atoms with Gasteiger partial charge in [0.2, 0.25) is 0 Å². The van der Waals surface area contributed by atoms with Gasteiger partial charge in [-0.1, -0.05) is 30.7 Å². The highest BCUT2D eigenvalue weighted by molar-refractivity contribution is 6.33. The minimum absolute atomic E-state index is 0.0324. The quantitative estimate of drug-likeness (QED) is 0.780. The van der Waals surface area contributed by atoms with Crippen molar-refractivity contribution in [2.45, 2.75) is 32.4 Å². The molecule has 19 heavy (non-hydrogen) atoms. The molecule has 4 heteroatoms. The molecule has 2 rings (SSSR count). The molecule has 0 aliphatic carbocycles. The van der Waals surface area contributed by atoms with Crippen LogP contribution >= 0.6 is 11.6 Å². The number of hydrogen-bond acceptors (Lipinski definition) is 3. The van der Waals surface area contributed by atoms with E-state index < -0.39 is 0 Å². The molecule has 1 heterocycles. The number of hydrogen-bond donors (Lipinski definition) is 0. The van der Waals surface area contributed by atoms with Crippen LogP contribution in [0.4, 0.5) is 0 Å². The van der Waals surface area contributed by atoms with Gasteiger partial charge in [0.1, 0.15) is 6.10 Å². The van der Waals surface area contributed by atoms with Gasteiger partial charge >= 0.3 is 5.97 Å². The zero-order valence-corrected chi connectivity index (χ0v) is 12.4. The first-order chi connectivity index (χ1) is 8.99. The van der Waals surface area contributed by atoms with E-state index >= 15 is 0 Å². The van der Waals surface area contributed by atoms with E-state index in [1.807, 2.05) is 0 Å². The second kappa shape index (κ2) is 5.93. The standard InChI is InChI=1S/C15H20ClNO2/c1-10-9-17(3)11(2)8-14(10)19-15(18)12-6-4-5-7-13(12)16/h4-7,10-11,14H,8-9H2,1-3H3. The topological polar surface area (TPSA) is 29.5 Å². The van der Waals surface area contributed by atoms with Gasteiger partial charge in [0, 0.05) is 18.5 Å². The Morgan fingerprint density at radius 3 is 2.74 bits per heavy atom. The van der Waals surface area contributed by atoms with E-state index in [-0.39, 0.29) is 12.1 Å². The maximum Gasteiger partial charge on any atom is 0.339 e. The van der Waals surface area contributed by atoms with E-state index in [0.717, 1.165) is 13.0 Å². The van der Waals surface area contributed by atoms with E-state index in [1.54, 1.807) is 24.3 Å². The molecule has 3 unspecified atom stereocenters. The van der Waals surface area contributed by atoms with E-state index in [0.29, 0.717) is 22.5 Å². The molecule has 0 bridgehead atoms. The number of carbonyl (C=O) groups is 1. The van der Waals surface area contributed by atoms with Gasteiger partial charge in [-0.05, 0) is 32.5 Å². The molecule has 0 amide bonds. The van der Waals surface area contributed by atoms with Crippen LogP contribution in [-0.2, 0) is 4.74 Å². The van der Waals surface area contributed by atoms with Crippen molar-refractivity contribution in [1.29, 1.82) is 0 Å². The smallest absolute Gasteiger partial charge is 0.339 e. The van der Waals surface area contributed by atoms with Gasteiger partial charge in [0.15, 0.2) is 0 Å². The van der Waals surface area contributed by atoms with Gasteiger partial charge in [0.25, 0.3) is 0 Å². The van der Waals surface area contributed by atoms with Crippen LogP contribution in [0.3, 0.4) is 0 Å². The minimum atomic E-state index is -0.320. The molecular weight excluding hydrogens is 262 g/mol. The highest BCUT2D eigenvalue weighted by Gasteiger charge is 2.32. The van der Waals surface area contributed by atoms with E-state index in [9.17, 15) is 4.79 Å². The van der Waals surface area contributed by atoms with Gasteiger partial charge in [-0.15, -0.1) is 0 Å². The summed E-state index contributed by atoms with van der Waals surface area (Å²) in [5, 5.41) is 0.445. The van der Waals surface area contributed by atoms with Gasteiger partial charge in [-0.3, -0.25) is 0 Å². The molecular formula is C15H20ClNO2. The Bertz CT molecular complexity index is 463. The SMILES string of the molecule is CC1CN(C)C(C)CC1OC(=O)c1ccccc1Cl. The lowest BCUT2D eigenvalue weighted by atomic mass is 9.92. The highest BCUT2D eigenvalue weighted by atomic mass is 35.5. The van der Waals surface area contributed by atoms with Crippen LogP contribution in [0.1, 0.15) is 30.6 Å². The van der Waals surface area contributed by atoms with Crippen molar-refractivity contribution in [3.8, 4) is 0 Å². The van der Waals surface area contributed by atoms with Crippen LogP contribution in [0.15, 0.2) is 24.3 Å². The number of benzene rings is 1. The summed E-state index contributed by atoms with van der Waals surface area (Å²) < 4.78 is 5.64. The summed E-state index contributed by atoms with van der Waals surface area (Å²) in [7, 11) is 2.10. The molecule has 0 N–H and O–H groups in total. The molecule has 3 atom stereocenters. The molecule has 0 saturated carbocycles. The number of nitrogens with zero attached hydrogens (tertiary/aromatic N) is 1. The molecule has 104 valence electrons. The second-order valence-electron chi connectivity index (χ2n) is 5.43. The Hall–Kier alpha value is -1.06. The van der Waals surface area contributed by atoms with E-state index in [2.05, 4.69) is 25.8 Å². The van der Waals surface area contributed by atoms with Crippen molar-refractivity contribution in [3.63, 3.8) is 0 Å². The van der Waals surface area contributed by atoms with Crippen LogP contribution in [0.5, 0.6) is 0 Å². The third-order valence-corrected chi connectivity index (χ3v) is 4.22. The number of carbonyl (C=O) groups excluding carboxylic acids is 1. The third-order valence-electron chi connectivity index (χ3n) is 3.89. The van der Waals surface area contributed by atoms with Crippen molar-refractivity contribution in [3.05, 3.63) is 34.9 Å². The molecule has 3 nitrogen and oxygen atoms in total. The van der Waals surface area contributed by atoms with Crippen molar-refractivity contribution in [2.75, 3.05) is 13.6 Å². The summed E-state index contributed by atoms with van der Waals surface area (Å²) in [6, 6.07) is 7.44. The fraction of sp³-hybridized carbons (Fsp3) is 0.533. The predicted octanol–water partition coefficient (Wildman–Crippen LogP) is 3.23. The molecule has 0 spiro atoms. The van der Waals surface area contributed by atoms with Gasteiger partial charge in [0.05, 0.1) is 10.6 Å². The maximum absolute atomic E-state index is 12.1. The lowest BCUT2D eigenvalue weighted by molar-refractivity contribution is -0.0196. The minimum Gasteiger partial charge on any atom is -0.458 e. The van der Waals surface area contributed by atoms with E-state index in [1.165, 1.54) is 0 Å². The summed E-state index contributed by atoms with van der Waals surface area (Å²) in [6.45, 7) is 5.22. The molecule has 1 saturated heterocycles. The number of piperidine rings is 1. The summed E-state index contributed by atoms with van der Waals surface area (Å²) in [6.07, 6.45) is 0.836. The number of likely N-dealkylation sites (tertiary alicyclic amines) is 1. The Kier molecular flexibility index (Phi) is 4.48. The van der Waals surface area contributed by atoms with Crippen molar-refractivity contribution >= 4 is 17.6 Å². The van der Waals surface area contributed by atoms with Crippen LogP contribution in [0, 0.1) is 5.92 Å². The number of esters is 1. The first kappa shape index (κ1) is 14.4. The summed E-state index contributed by atoms with van der Waals surface area (Å²) >= 11 is 6.02. The first-order valence-electron chi connectivity index (χ1n) is 6.64. The van der Waals surface area contributed by atoms with Crippen molar-refractivity contribution in [2.24, 2.45) is 5.92 Å². The number of rotatable bonds is 2. The maximum atomic E-state index is 12.1. The molecule has 1 aromatic rings. The van der Waals surface area contributed by atoms with Gasteiger partial charge in [-0.2, -0.15) is 0 Å². The Morgan fingerprint density at radius 1 is 1.37 bits per heavy atom. The fourth-order valence-corrected chi connectivity index (χ4v) is 2.71. The number of halogens is 1. The fourth-order valence-electron chi connectivity index (χ4n) is 2.49. The monoisotopic (exact) mass is 281 g/mol. The lowest BCUT2D eigenvalue weighted by Crippen LogP contribution is -2.46. The van der Waals surface area contributed by atoms with Crippen LogP contribution < -0.4 is 0 Å². The summed E-state index contributed by atoms with van der Waals surface area (Å²) in [5.74, 6) is 0.0202. The Labute approximate surface area is 119 Å². The molecule has 0 radical (unpaired) electrons. The third kappa shape index (κ3) is 3.28. The van der Waals surface area contributed by atoms with Crippen molar-refractivity contribution < 1.29 is 9.53 Å². The average Bonchev–Trinajstić information content (AvgIpc) is 2.36. The highest BCUT2D eigenvalue weighted by Crippen LogP contribution is 2.25. The average molecular weight is 282 g/mol. The predicted molar refractivity (Wildman–Crippen MR) is 76.5 cm³/mol. The van der Waals surface area contributed by atoms with Gasteiger partial charge in [-0.25, -0.2) is 4.79 Å². The van der Waals surface area contributed by atoms with Crippen LogP contribution in [0.25, 0.3) is 0 Å². The first-order valence-corrected chi connectivity index (χ1v) is 7.02. The van der Waals surface area contributed by atoms with E-state index in [4.69, 9.17) is 16.3 Å². The molecule has 1 aromatic carbocycles. The Balaban J connectivity index is 2.05. The van der Waals surface area contributed by atoms with Gasteiger partial charge < -0.3 is 9.64 Å². The molecule has 1 aliphatic rings. The summed E-state index contributed by atoms with van der Waals surface area (Å²) in [4.78, 5) is 14.4. The Morgan fingerprint density at radius 2 is 2.05 bits per heavy atom. The largest absolute Gasteiger partial charge is 0.458 e. The molecule has 0 aromatic heterocycles. The number of ether oxygens (including phenoxy) is 1. The zero-order valence-electron chi connectivity index (χ0n) is 11.6. The van der Waals surface area contributed by atoms with Crippen LogP contribution in [-0.4, -0.2) is 36.6 Å². The summed E-state index contributed by atoms with van der Waals surface area (Å²) in [5.41, 5.74) is 0.447. The van der Waals surface area contributed by atoms with Crippen LogP contribution in [0.2, 0.25) is 5.02 Å². The van der Waals surface area contributed by atoms with Crippen molar-refractivity contribution in [1.82, 2.24) is 4.90 Å². The molecule has 1 aliphatic heterocycles.